The minimum absolute atomic E-state index is 0.558. The van der Waals surface area contributed by atoms with E-state index in [1.165, 1.54) is 0 Å². The number of rotatable bonds is 27. The average molecular weight is 846 g/mol. The van der Waals surface area contributed by atoms with E-state index in [2.05, 4.69) is 148 Å². The molecule has 0 spiro atoms. The Balaban J connectivity index is 1.03. The van der Waals surface area contributed by atoms with E-state index in [4.69, 9.17) is 0 Å². The van der Waals surface area contributed by atoms with Gasteiger partial charge in [0, 0.05) is 77.5 Å². The lowest BCUT2D eigenvalue weighted by molar-refractivity contribution is -0.902. The standard InChI is InChI=1S/C39H69N22/c1-10-59(4,5)31-37-28-56(49-43-37)19-13-16-53-25-34(40-46-53)22-52(23-35-26-54(47-41-35)17-14-20-57-29-38(44-50-57)32-60(6,7)11-2)24-36-27-55(48-42-36)18-15-21-58-30-39(45-51-58)33-61(8,9)12-3/h25-30H,10-24,31-33H2,1-9H3/q+3. The fourth-order valence-corrected chi connectivity index (χ4v) is 6.81. The highest BCUT2D eigenvalue weighted by Crippen LogP contribution is 2.13. The molecule has 0 aliphatic heterocycles. The van der Waals surface area contributed by atoms with Crippen molar-refractivity contribution in [1.29, 1.82) is 0 Å². The second-order valence-electron chi connectivity index (χ2n) is 18.3. The molecule has 22 nitrogen and oxygen atoms in total. The number of nitrogens with zero attached hydrogens (tertiary/aromatic N) is 22. The Morgan fingerprint density at radius 1 is 0.361 bits per heavy atom. The maximum absolute atomic E-state index is 4.54. The topological polar surface area (TPSA) is 188 Å². The Bertz CT molecular complexity index is 1950. The Morgan fingerprint density at radius 3 is 0.803 bits per heavy atom. The van der Waals surface area contributed by atoms with Crippen LogP contribution in [-0.4, -0.2) is 170 Å². The van der Waals surface area contributed by atoms with Crippen molar-refractivity contribution in [3.63, 3.8) is 0 Å². The molecule has 61 heavy (non-hydrogen) atoms. The van der Waals surface area contributed by atoms with E-state index in [1.54, 1.807) is 0 Å². The molecule has 0 aromatic carbocycles. The molecule has 6 rings (SSSR count). The predicted octanol–water partition coefficient (Wildman–Crippen LogP) is 1.50. The third-order valence-electron chi connectivity index (χ3n) is 11.3. The van der Waals surface area contributed by atoms with Crippen molar-refractivity contribution in [2.75, 3.05) is 61.9 Å². The summed E-state index contributed by atoms with van der Waals surface area (Å²) in [6.45, 7) is 18.3. The molecule has 0 N–H and O–H groups in total. The summed E-state index contributed by atoms with van der Waals surface area (Å²) >= 11 is 0. The zero-order chi connectivity index (χ0) is 43.5. The molecule has 0 aliphatic rings. The van der Waals surface area contributed by atoms with Gasteiger partial charge in [0.1, 0.15) is 36.7 Å². The summed E-state index contributed by atoms with van der Waals surface area (Å²) in [5.74, 6) is 0. The van der Waals surface area contributed by atoms with Crippen LogP contribution in [0.1, 0.15) is 74.2 Å². The number of aryl methyl sites for hydroxylation is 6. The summed E-state index contributed by atoms with van der Waals surface area (Å²) in [7, 11) is 13.2. The summed E-state index contributed by atoms with van der Waals surface area (Å²) in [5, 5.41) is 53.2. The van der Waals surface area contributed by atoms with E-state index >= 15 is 0 Å². The SMILES string of the molecule is CC[N+](C)(C)Cc1cn(CCCn2cc(CN(Cc3cn(CCCn4cc(C[N+](C)(C)CC)nn4)nn3)Cc3cn(CCCn4cc(C[N+](C)(C)CC)nn4)nn3)nn2)nn1. The van der Waals surface area contributed by atoms with Crippen molar-refractivity contribution in [2.45, 2.75) is 119 Å². The minimum Gasteiger partial charge on any atom is -0.324 e. The van der Waals surface area contributed by atoms with Crippen LogP contribution in [0.25, 0.3) is 0 Å². The predicted molar refractivity (Wildman–Crippen MR) is 226 cm³/mol. The largest absolute Gasteiger partial charge is 0.324 e. The third kappa shape index (κ3) is 14.4. The van der Waals surface area contributed by atoms with Crippen molar-refractivity contribution in [2.24, 2.45) is 0 Å². The fourth-order valence-electron chi connectivity index (χ4n) is 6.81. The normalized spacial score (nSPS) is 12.7. The average Bonchev–Trinajstić information content (AvgIpc) is 4.08. The molecule has 0 bridgehead atoms. The molecular weight excluding hydrogens is 777 g/mol. The molecule has 332 valence electrons. The molecule has 0 radical (unpaired) electrons. The second-order valence-corrected chi connectivity index (χ2v) is 18.3. The van der Waals surface area contributed by atoms with Gasteiger partial charge in [0.15, 0.2) is 0 Å². The molecule has 0 aliphatic carbocycles. The number of hydrogen-bond acceptors (Lipinski definition) is 13. The zero-order valence-electron chi connectivity index (χ0n) is 38.0. The van der Waals surface area contributed by atoms with Gasteiger partial charge in [-0.25, -0.2) is 0 Å². The van der Waals surface area contributed by atoms with E-state index in [1.807, 2.05) is 46.7 Å². The van der Waals surface area contributed by atoms with Crippen LogP contribution in [0, 0.1) is 0 Å². The third-order valence-corrected chi connectivity index (χ3v) is 11.3. The summed E-state index contributed by atoms with van der Waals surface area (Å²) in [6, 6.07) is 0. The Labute approximate surface area is 359 Å². The highest BCUT2D eigenvalue weighted by Gasteiger charge is 2.19. The first kappa shape index (κ1) is 45.2. The molecule has 0 saturated heterocycles. The number of hydrogen-bond donors (Lipinski definition) is 0. The van der Waals surface area contributed by atoms with Gasteiger partial charge >= 0.3 is 0 Å². The lowest BCUT2D eigenvalue weighted by atomic mass is 10.3. The summed E-state index contributed by atoms with van der Waals surface area (Å²) in [6.07, 6.45) is 14.8. The van der Waals surface area contributed by atoms with Gasteiger partial charge in [0.25, 0.3) is 0 Å². The van der Waals surface area contributed by atoms with Crippen LogP contribution in [-0.2, 0) is 78.5 Å². The molecule has 6 aromatic rings. The quantitative estimate of drug-likeness (QED) is 0.0680. The van der Waals surface area contributed by atoms with E-state index < -0.39 is 0 Å². The van der Waals surface area contributed by atoms with E-state index in [9.17, 15) is 0 Å². The van der Waals surface area contributed by atoms with Crippen LogP contribution in [0.5, 0.6) is 0 Å². The highest BCUT2D eigenvalue weighted by molar-refractivity contribution is 5.00. The van der Waals surface area contributed by atoms with Crippen LogP contribution in [0.4, 0.5) is 0 Å². The van der Waals surface area contributed by atoms with Gasteiger partial charge in [-0.3, -0.25) is 33.0 Å². The lowest BCUT2D eigenvalue weighted by Gasteiger charge is -2.26. The van der Waals surface area contributed by atoms with Crippen LogP contribution in [0.15, 0.2) is 37.2 Å². The summed E-state index contributed by atoms with van der Waals surface area (Å²) in [5.41, 5.74) is 5.62. The molecule has 22 heteroatoms. The molecule has 6 heterocycles. The zero-order valence-corrected chi connectivity index (χ0v) is 38.0. The molecule has 0 saturated carbocycles. The van der Waals surface area contributed by atoms with Crippen LogP contribution in [0.3, 0.4) is 0 Å². The van der Waals surface area contributed by atoms with Crippen LogP contribution < -0.4 is 0 Å². The van der Waals surface area contributed by atoms with Crippen molar-refractivity contribution in [3.8, 4) is 0 Å². The van der Waals surface area contributed by atoms with Crippen molar-refractivity contribution >= 4 is 0 Å². The molecule has 0 amide bonds. The molecule has 0 atom stereocenters. The first-order valence-electron chi connectivity index (χ1n) is 21.7. The summed E-state index contributed by atoms with van der Waals surface area (Å²) < 4.78 is 14.1. The van der Waals surface area contributed by atoms with Crippen LogP contribution >= 0.6 is 0 Å². The first-order chi connectivity index (χ1) is 29.2. The highest BCUT2D eigenvalue weighted by atomic mass is 15.5. The van der Waals surface area contributed by atoms with Gasteiger partial charge in [-0.1, -0.05) is 31.3 Å². The van der Waals surface area contributed by atoms with Gasteiger partial charge in [-0.2, -0.15) is 0 Å². The van der Waals surface area contributed by atoms with E-state index in [0.717, 1.165) is 145 Å². The molecule has 0 fully saturated rings. The second kappa shape index (κ2) is 20.5. The number of aromatic nitrogens is 18. The Morgan fingerprint density at radius 2 is 0.574 bits per heavy atom. The van der Waals surface area contributed by atoms with Crippen molar-refractivity contribution in [3.05, 3.63) is 71.3 Å². The molecule has 0 unspecified atom stereocenters. The van der Waals surface area contributed by atoms with Gasteiger partial charge in [-0.15, -0.1) is 30.6 Å². The first-order valence-corrected chi connectivity index (χ1v) is 21.7. The Hall–Kier alpha value is -5.32. The van der Waals surface area contributed by atoms with Crippen molar-refractivity contribution in [1.82, 2.24) is 94.9 Å². The monoisotopic (exact) mass is 846 g/mol. The molecular formula is C39H69N22+3. The van der Waals surface area contributed by atoms with Gasteiger partial charge in [-0.05, 0) is 40.0 Å². The number of quaternary nitrogens is 3. The fraction of sp³-hybridized carbons (Fsp3) is 0.692. The van der Waals surface area contributed by atoms with Gasteiger partial charge in [0.05, 0.1) is 97.6 Å². The lowest BCUT2D eigenvalue weighted by Crippen LogP contribution is -2.38. The van der Waals surface area contributed by atoms with Crippen LogP contribution in [0.2, 0.25) is 0 Å². The molecule has 6 aromatic heterocycles. The van der Waals surface area contributed by atoms with E-state index in [0.29, 0.717) is 19.6 Å². The van der Waals surface area contributed by atoms with Gasteiger partial charge in [0.2, 0.25) is 0 Å². The van der Waals surface area contributed by atoms with Gasteiger partial charge < -0.3 is 13.4 Å². The Kier molecular flexibility index (Phi) is 15.2. The maximum Gasteiger partial charge on any atom is 0.137 e. The summed E-state index contributed by atoms with van der Waals surface area (Å²) in [4.78, 5) is 2.25. The minimum atomic E-state index is 0.558. The van der Waals surface area contributed by atoms with E-state index in [-0.39, 0.29) is 0 Å². The smallest absolute Gasteiger partial charge is 0.137 e. The maximum atomic E-state index is 4.54. The van der Waals surface area contributed by atoms with Crippen molar-refractivity contribution < 1.29 is 13.4 Å².